The predicted molar refractivity (Wildman–Crippen MR) is 60.9 cm³/mol. The minimum Gasteiger partial charge on any atom is -0.476 e. The lowest BCUT2D eigenvalue weighted by Gasteiger charge is -2.40. The van der Waals surface area contributed by atoms with Crippen LogP contribution in [0.3, 0.4) is 0 Å². The van der Waals surface area contributed by atoms with Crippen molar-refractivity contribution in [1.29, 1.82) is 0 Å². The van der Waals surface area contributed by atoms with Gasteiger partial charge in [-0.2, -0.15) is 0 Å². The minimum absolute atomic E-state index is 0.0152. The zero-order valence-corrected chi connectivity index (χ0v) is 9.98. The van der Waals surface area contributed by atoms with Crippen LogP contribution in [-0.4, -0.2) is 56.0 Å². The number of likely N-dealkylation sites (tertiary alicyclic amines) is 1. The highest BCUT2D eigenvalue weighted by Crippen LogP contribution is 2.21. The van der Waals surface area contributed by atoms with Crippen LogP contribution in [0.4, 0.5) is 0 Å². The Balaban J connectivity index is 1.92. The molecule has 2 heterocycles. The molecule has 8 heteroatoms. The number of carboxylic acid groups (broad SMARTS) is 1. The lowest BCUT2D eigenvalue weighted by molar-refractivity contribution is -0.138. The Hall–Kier alpha value is -1.96. The maximum Gasteiger partial charge on any atom is 0.358 e. The first-order valence-electron chi connectivity index (χ1n) is 5.72. The van der Waals surface area contributed by atoms with Crippen molar-refractivity contribution in [3.05, 3.63) is 11.9 Å². The van der Waals surface area contributed by atoms with Crippen LogP contribution in [0.2, 0.25) is 0 Å². The molecule has 1 aliphatic rings. The SMILES string of the molecule is CCC(N)C(=O)N1CC(n2cc(C(=O)O)nn2)C1. The van der Waals surface area contributed by atoms with Crippen molar-refractivity contribution in [1.82, 2.24) is 19.9 Å². The molecule has 1 aromatic heterocycles. The maximum absolute atomic E-state index is 11.7. The van der Waals surface area contributed by atoms with Crippen LogP contribution in [0.15, 0.2) is 6.20 Å². The van der Waals surface area contributed by atoms with E-state index in [1.54, 1.807) is 4.90 Å². The summed E-state index contributed by atoms with van der Waals surface area (Å²) in [5, 5.41) is 16.0. The number of rotatable bonds is 4. The number of carboxylic acids is 1. The lowest BCUT2D eigenvalue weighted by atomic mass is 10.1. The molecule has 0 spiro atoms. The largest absolute Gasteiger partial charge is 0.476 e. The summed E-state index contributed by atoms with van der Waals surface area (Å²) in [6.45, 7) is 2.85. The van der Waals surface area contributed by atoms with Crippen molar-refractivity contribution in [2.45, 2.75) is 25.4 Å². The monoisotopic (exact) mass is 253 g/mol. The summed E-state index contributed by atoms with van der Waals surface area (Å²) < 4.78 is 1.48. The number of nitrogens with two attached hydrogens (primary N) is 1. The average molecular weight is 253 g/mol. The van der Waals surface area contributed by atoms with E-state index in [2.05, 4.69) is 10.3 Å². The van der Waals surface area contributed by atoms with E-state index in [1.807, 2.05) is 6.92 Å². The van der Waals surface area contributed by atoms with Gasteiger partial charge in [0.1, 0.15) is 0 Å². The Labute approximate surface area is 103 Å². The van der Waals surface area contributed by atoms with Crippen LogP contribution >= 0.6 is 0 Å². The first-order valence-corrected chi connectivity index (χ1v) is 5.72. The molecule has 1 unspecified atom stereocenters. The first-order chi connectivity index (χ1) is 8.52. The summed E-state index contributed by atoms with van der Waals surface area (Å²) in [6, 6.07) is -0.477. The first kappa shape index (κ1) is 12.5. The van der Waals surface area contributed by atoms with Crippen molar-refractivity contribution in [2.75, 3.05) is 13.1 Å². The fraction of sp³-hybridized carbons (Fsp3) is 0.600. The Morgan fingerprint density at radius 2 is 2.28 bits per heavy atom. The van der Waals surface area contributed by atoms with Crippen LogP contribution < -0.4 is 5.73 Å². The summed E-state index contributed by atoms with van der Waals surface area (Å²) in [6.07, 6.45) is 1.97. The molecular weight excluding hydrogens is 238 g/mol. The molecule has 8 nitrogen and oxygen atoms in total. The molecule has 0 saturated carbocycles. The van der Waals surface area contributed by atoms with Gasteiger partial charge < -0.3 is 15.7 Å². The Bertz CT molecular complexity index is 466. The van der Waals surface area contributed by atoms with Crippen LogP contribution in [0.1, 0.15) is 29.9 Å². The van der Waals surface area contributed by atoms with E-state index in [9.17, 15) is 9.59 Å². The van der Waals surface area contributed by atoms with Gasteiger partial charge in [-0.15, -0.1) is 5.10 Å². The fourth-order valence-corrected chi connectivity index (χ4v) is 1.76. The molecule has 0 aliphatic carbocycles. The molecule has 1 aromatic rings. The Morgan fingerprint density at radius 1 is 1.61 bits per heavy atom. The normalized spacial score (nSPS) is 17.3. The Kier molecular flexibility index (Phi) is 3.28. The summed E-state index contributed by atoms with van der Waals surface area (Å²) in [7, 11) is 0. The molecule has 1 atom stereocenters. The summed E-state index contributed by atoms with van der Waals surface area (Å²) >= 11 is 0. The fourth-order valence-electron chi connectivity index (χ4n) is 1.76. The molecule has 3 N–H and O–H groups in total. The highest BCUT2D eigenvalue weighted by atomic mass is 16.4. The van der Waals surface area contributed by atoms with Gasteiger partial charge in [0, 0.05) is 13.1 Å². The summed E-state index contributed by atoms with van der Waals surface area (Å²) in [4.78, 5) is 24.0. The van der Waals surface area contributed by atoms with E-state index in [0.29, 0.717) is 19.5 Å². The molecule has 98 valence electrons. The zero-order valence-electron chi connectivity index (χ0n) is 9.98. The number of nitrogens with zero attached hydrogens (tertiary/aromatic N) is 4. The van der Waals surface area contributed by atoms with Crippen LogP contribution in [-0.2, 0) is 4.79 Å². The maximum atomic E-state index is 11.7. The lowest BCUT2D eigenvalue weighted by Crippen LogP contribution is -2.55. The second-order valence-electron chi connectivity index (χ2n) is 4.30. The van der Waals surface area contributed by atoms with Crippen molar-refractivity contribution in [3.63, 3.8) is 0 Å². The number of carbonyl (C=O) groups is 2. The molecule has 2 rings (SSSR count). The minimum atomic E-state index is -1.11. The third-order valence-corrected chi connectivity index (χ3v) is 3.03. The van der Waals surface area contributed by atoms with Gasteiger partial charge in [0.2, 0.25) is 5.91 Å². The smallest absolute Gasteiger partial charge is 0.358 e. The average Bonchev–Trinajstić information content (AvgIpc) is 2.75. The topological polar surface area (TPSA) is 114 Å². The number of hydrogen-bond acceptors (Lipinski definition) is 5. The van der Waals surface area contributed by atoms with Crippen molar-refractivity contribution < 1.29 is 14.7 Å². The number of hydrogen-bond donors (Lipinski definition) is 2. The van der Waals surface area contributed by atoms with E-state index in [-0.39, 0.29) is 17.6 Å². The second kappa shape index (κ2) is 4.73. The van der Waals surface area contributed by atoms with Crippen LogP contribution in [0, 0.1) is 0 Å². The molecule has 18 heavy (non-hydrogen) atoms. The molecule has 1 fully saturated rings. The number of carbonyl (C=O) groups excluding carboxylic acids is 1. The molecule has 1 saturated heterocycles. The zero-order chi connectivity index (χ0) is 13.3. The summed E-state index contributed by atoms with van der Waals surface area (Å²) in [5.41, 5.74) is 5.56. The van der Waals surface area contributed by atoms with E-state index < -0.39 is 12.0 Å². The number of amides is 1. The van der Waals surface area contributed by atoms with E-state index in [4.69, 9.17) is 10.8 Å². The predicted octanol–water partition coefficient (Wildman–Crippen LogP) is -0.903. The number of aromatic carboxylic acids is 1. The third-order valence-electron chi connectivity index (χ3n) is 3.03. The molecule has 0 radical (unpaired) electrons. The quantitative estimate of drug-likeness (QED) is 0.718. The van der Waals surface area contributed by atoms with Gasteiger partial charge >= 0.3 is 5.97 Å². The molecular formula is C10H15N5O3. The molecule has 1 amide bonds. The summed E-state index contributed by atoms with van der Waals surface area (Å²) in [5.74, 6) is -1.19. The van der Waals surface area contributed by atoms with Crippen molar-refractivity contribution >= 4 is 11.9 Å². The van der Waals surface area contributed by atoms with Gasteiger partial charge in [-0.05, 0) is 6.42 Å². The van der Waals surface area contributed by atoms with Gasteiger partial charge in [0.05, 0.1) is 18.3 Å². The van der Waals surface area contributed by atoms with Crippen molar-refractivity contribution in [2.24, 2.45) is 5.73 Å². The second-order valence-corrected chi connectivity index (χ2v) is 4.30. The standard InChI is InChI=1S/C10H15N5O3/c1-2-7(11)9(16)14-3-6(4-14)15-5-8(10(17)18)12-13-15/h5-7H,2-4,11H2,1H3,(H,17,18). The molecule has 0 aromatic carbocycles. The van der Waals surface area contributed by atoms with Crippen LogP contribution in [0.25, 0.3) is 0 Å². The van der Waals surface area contributed by atoms with Gasteiger partial charge in [-0.25, -0.2) is 9.48 Å². The van der Waals surface area contributed by atoms with E-state index in [1.165, 1.54) is 10.9 Å². The van der Waals surface area contributed by atoms with Gasteiger partial charge in [0.25, 0.3) is 0 Å². The Morgan fingerprint density at radius 3 is 2.78 bits per heavy atom. The van der Waals surface area contributed by atoms with E-state index in [0.717, 1.165) is 0 Å². The molecule has 0 bridgehead atoms. The van der Waals surface area contributed by atoms with E-state index >= 15 is 0 Å². The van der Waals surface area contributed by atoms with Crippen molar-refractivity contribution in [3.8, 4) is 0 Å². The highest BCUT2D eigenvalue weighted by Gasteiger charge is 2.34. The van der Waals surface area contributed by atoms with Gasteiger partial charge in [-0.3, -0.25) is 4.79 Å². The van der Waals surface area contributed by atoms with Crippen LogP contribution in [0.5, 0.6) is 0 Å². The van der Waals surface area contributed by atoms with Gasteiger partial charge in [-0.1, -0.05) is 12.1 Å². The highest BCUT2D eigenvalue weighted by molar-refractivity contribution is 5.84. The van der Waals surface area contributed by atoms with Gasteiger partial charge in [0.15, 0.2) is 5.69 Å². The molecule has 1 aliphatic heterocycles. The number of aromatic nitrogens is 3. The third kappa shape index (κ3) is 2.19.